The van der Waals surface area contributed by atoms with Crippen molar-refractivity contribution in [3.8, 4) is 11.3 Å². The molecule has 1 unspecified atom stereocenters. The maximum absolute atomic E-state index is 13.6. The molecular formula is C28H27FN8O. The Morgan fingerprint density at radius 1 is 1.13 bits per heavy atom. The quantitative estimate of drug-likeness (QED) is 0.355. The number of aromatic amines is 2. The minimum Gasteiger partial charge on any atom is -0.457 e. The standard InChI is InChI=1S/C28H27FN8O/c1-3-35-16-20(14-31-35)28(37-17-38-18(2)34-37)26-23(22-6-4-5-7-24(22)32-26)12-13-36(28)27-30-15-25(33-27)19-8-10-21(29)11-9-19/h4-11,14-16,32H,3,12-13,17H2,1-2H3,(H,30,33). The molecule has 2 aromatic carbocycles. The molecule has 0 bridgehead atoms. The molecule has 9 nitrogen and oxygen atoms in total. The van der Waals surface area contributed by atoms with Crippen molar-refractivity contribution < 1.29 is 9.13 Å². The fourth-order valence-electron chi connectivity index (χ4n) is 5.74. The first-order valence-corrected chi connectivity index (χ1v) is 12.8. The summed E-state index contributed by atoms with van der Waals surface area (Å²) in [5.74, 6) is 1.00. The second kappa shape index (κ2) is 8.47. The van der Waals surface area contributed by atoms with Crippen LogP contribution in [0.5, 0.6) is 0 Å². The zero-order valence-electron chi connectivity index (χ0n) is 21.1. The van der Waals surface area contributed by atoms with Gasteiger partial charge in [0.25, 0.3) is 0 Å². The zero-order valence-corrected chi connectivity index (χ0v) is 21.1. The largest absolute Gasteiger partial charge is 0.457 e. The number of para-hydroxylation sites is 1. The van der Waals surface area contributed by atoms with E-state index in [1.54, 1.807) is 12.1 Å². The van der Waals surface area contributed by atoms with Crippen LogP contribution in [0.1, 0.15) is 30.7 Å². The molecule has 192 valence electrons. The Morgan fingerprint density at radius 2 is 1.97 bits per heavy atom. The van der Waals surface area contributed by atoms with Crippen LogP contribution in [0.15, 0.2) is 72.2 Å². The summed E-state index contributed by atoms with van der Waals surface area (Å²) in [5, 5.41) is 12.7. The van der Waals surface area contributed by atoms with Crippen LogP contribution in [0.2, 0.25) is 0 Å². The van der Waals surface area contributed by atoms with Gasteiger partial charge in [-0.1, -0.05) is 18.2 Å². The van der Waals surface area contributed by atoms with Gasteiger partial charge >= 0.3 is 0 Å². The Bertz CT molecular complexity index is 1670. The smallest absolute Gasteiger partial charge is 0.205 e. The summed E-state index contributed by atoms with van der Waals surface area (Å²) in [6, 6.07) is 14.8. The van der Waals surface area contributed by atoms with Gasteiger partial charge in [-0.15, -0.1) is 5.10 Å². The van der Waals surface area contributed by atoms with Gasteiger partial charge in [0.1, 0.15) is 5.82 Å². The minimum atomic E-state index is -0.907. The van der Waals surface area contributed by atoms with Gasteiger partial charge in [0, 0.05) is 54.4 Å². The molecular weight excluding hydrogens is 483 g/mol. The lowest BCUT2D eigenvalue weighted by Crippen LogP contribution is -2.60. The summed E-state index contributed by atoms with van der Waals surface area (Å²) < 4.78 is 21.4. The van der Waals surface area contributed by atoms with Gasteiger partial charge in [0.2, 0.25) is 17.5 Å². The third-order valence-electron chi connectivity index (χ3n) is 7.49. The second-order valence-corrected chi connectivity index (χ2v) is 9.59. The van der Waals surface area contributed by atoms with E-state index in [4.69, 9.17) is 14.8 Å². The summed E-state index contributed by atoms with van der Waals surface area (Å²) in [7, 11) is 0. The third-order valence-corrected chi connectivity index (χ3v) is 7.49. The number of ether oxygens (including phenoxy) is 1. The minimum absolute atomic E-state index is 0.277. The van der Waals surface area contributed by atoms with E-state index in [0.29, 0.717) is 18.4 Å². The number of imidazole rings is 1. The molecule has 0 amide bonds. The number of aromatic nitrogens is 5. The maximum atomic E-state index is 13.6. The van der Waals surface area contributed by atoms with Crippen LogP contribution >= 0.6 is 0 Å². The van der Waals surface area contributed by atoms with Crippen molar-refractivity contribution in [1.82, 2.24) is 29.7 Å². The predicted octanol–water partition coefficient (Wildman–Crippen LogP) is 4.80. The van der Waals surface area contributed by atoms with E-state index in [2.05, 4.69) is 51.3 Å². The molecule has 2 aliphatic heterocycles. The highest BCUT2D eigenvalue weighted by atomic mass is 19.1. The van der Waals surface area contributed by atoms with Crippen LogP contribution in [-0.2, 0) is 23.4 Å². The molecule has 5 aromatic rings. The van der Waals surface area contributed by atoms with Crippen molar-refractivity contribution >= 4 is 22.7 Å². The number of anilines is 1. The number of nitrogens with zero attached hydrogens (tertiary/aromatic N) is 6. The van der Waals surface area contributed by atoms with E-state index in [-0.39, 0.29) is 12.5 Å². The highest BCUT2D eigenvalue weighted by Gasteiger charge is 2.54. The number of H-pyrrole nitrogens is 2. The van der Waals surface area contributed by atoms with Gasteiger partial charge in [0.15, 0.2) is 6.73 Å². The van der Waals surface area contributed by atoms with E-state index < -0.39 is 5.66 Å². The first-order chi connectivity index (χ1) is 18.6. The molecule has 0 radical (unpaired) electrons. The van der Waals surface area contributed by atoms with Gasteiger partial charge in [-0.2, -0.15) is 5.10 Å². The highest BCUT2D eigenvalue weighted by Crippen LogP contribution is 2.48. The average Bonchev–Trinajstić information content (AvgIpc) is 3.74. The van der Waals surface area contributed by atoms with Crippen LogP contribution in [0, 0.1) is 5.82 Å². The Hall–Kier alpha value is -4.60. The Labute approximate surface area is 218 Å². The first kappa shape index (κ1) is 22.6. The number of rotatable bonds is 5. The predicted molar refractivity (Wildman–Crippen MR) is 143 cm³/mol. The highest BCUT2D eigenvalue weighted by molar-refractivity contribution is 5.86. The van der Waals surface area contributed by atoms with Crippen molar-refractivity contribution in [2.24, 2.45) is 5.10 Å². The van der Waals surface area contributed by atoms with Crippen LogP contribution in [-0.4, -0.2) is 48.9 Å². The molecule has 0 saturated carbocycles. The molecule has 3 aromatic heterocycles. The van der Waals surface area contributed by atoms with Crippen LogP contribution in [0.25, 0.3) is 22.2 Å². The van der Waals surface area contributed by atoms with Crippen LogP contribution < -0.4 is 4.90 Å². The summed E-state index contributed by atoms with van der Waals surface area (Å²) in [4.78, 5) is 14.4. The van der Waals surface area contributed by atoms with Gasteiger partial charge < -0.3 is 19.6 Å². The molecule has 7 rings (SSSR count). The molecule has 0 saturated heterocycles. The van der Waals surface area contributed by atoms with Crippen molar-refractivity contribution in [2.75, 3.05) is 18.2 Å². The summed E-state index contributed by atoms with van der Waals surface area (Å²) in [6.07, 6.45) is 6.65. The van der Waals surface area contributed by atoms with E-state index >= 15 is 0 Å². The van der Waals surface area contributed by atoms with E-state index in [9.17, 15) is 4.39 Å². The van der Waals surface area contributed by atoms with Crippen LogP contribution in [0.4, 0.5) is 10.3 Å². The number of hydrogen-bond donors (Lipinski definition) is 2. The van der Waals surface area contributed by atoms with E-state index in [1.807, 2.05) is 35.1 Å². The van der Waals surface area contributed by atoms with E-state index in [0.717, 1.165) is 41.0 Å². The number of hydrogen-bond acceptors (Lipinski definition) is 6. The molecule has 38 heavy (non-hydrogen) atoms. The molecule has 0 aliphatic carbocycles. The van der Waals surface area contributed by atoms with Crippen molar-refractivity contribution in [3.63, 3.8) is 0 Å². The first-order valence-electron chi connectivity index (χ1n) is 12.8. The monoisotopic (exact) mass is 510 g/mol. The fraction of sp³-hybridized carbons (Fsp3) is 0.250. The maximum Gasteiger partial charge on any atom is 0.205 e. The molecule has 5 heterocycles. The summed E-state index contributed by atoms with van der Waals surface area (Å²) in [5.41, 5.74) is 4.94. The molecule has 0 spiro atoms. The molecule has 10 heteroatoms. The number of hydrazone groups is 1. The van der Waals surface area contributed by atoms with E-state index in [1.165, 1.54) is 23.1 Å². The fourth-order valence-corrected chi connectivity index (χ4v) is 5.74. The molecule has 1 atom stereocenters. The van der Waals surface area contributed by atoms with Gasteiger partial charge in [-0.05, 0) is 49.2 Å². The molecule has 2 aliphatic rings. The normalized spacial score (nSPS) is 19.1. The lowest BCUT2D eigenvalue weighted by atomic mass is 9.87. The number of aryl methyl sites for hydroxylation is 1. The molecule has 0 fully saturated rings. The lowest BCUT2D eigenvalue weighted by molar-refractivity contribution is 0.0583. The average molecular weight is 511 g/mol. The SMILES string of the molecule is CCn1cc(C2(N3COC(C)=N3)c3[nH]c4ccccc4c3CCN2c2nc(-c3ccc(F)cc3)c[nH]2)cn1. The molecule has 2 N–H and O–H groups in total. The van der Waals surface area contributed by atoms with Gasteiger partial charge in [-0.25, -0.2) is 14.4 Å². The van der Waals surface area contributed by atoms with Gasteiger partial charge in [-0.3, -0.25) is 4.68 Å². The van der Waals surface area contributed by atoms with Crippen molar-refractivity contribution in [3.05, 3.63) is 89.8 Å². The number of halogens is 1. The van der Waals surface area contributed by atoms with Crippen molar-refractivity contribution in [2.45, 2.75) is 32.5 Å². The number of nitrogens with one attached hydrogen (secondary N) is 2. The Kier molecular flexibility index (Phi) is 5.04. The summed E-state index contributed by atoms with van der Waals surface area (Å²) in [6.45, 7) is 5.62. The summed E-state index contributed by atoms with van der Waals surface area (Å²) >= 11 is 0. The second-order valence-electron chi connectivity index (χ2n) is 9.59. The van der Waals surface area contributed by atoms with Crippen LogP contribution in [0.3, 0.4) is 0 Å². The third kappa shape index (κ3) is 3.26. The van der Waals surface area contributed by atoms with Crippen molar-refractivity contribution in [1.29, 1.82) is 0 Å². The lowest BCUT2D eigenvalue weighted by Gasteiger charge is -2.49. The Morgan fingerprint density at radius 3 is 2.74 bits per heavy atom. The topological polar surface area (TPSA) is 90.4 Å². The zero-order chi connectivity index (χ0) is 25.9. The van der Waals surface area contributed by atoms with Gasteiger partial charge in [0.05, 0.1) is 17.6 Å². The number of benzene rings is 2. The number of fused-ring (bicyclic) bond motifs is 3. The Balaban J connectivity index is 1.48.